The van der Waals surface area contributed by atoms with Crippen molar-refractivity contribution in [3.05, 3.63) is 29.8 Å². The summed E-state index contributed by atoms with van der Waals surface area (Å²) in [5, 5.41) is 12.6. The fourth-order valence-electron chi connectivity index (χ4n) is 7.45. The van der Waals surface area contributed by atoms with Crippen LogP contribution in [0.2, 0.25) is 0 Å². The average molecular weight is 494 g/mol. The minimum atomic E-state index is -3.83. The van der Waals surface area contributed by atoms with Crippen molar-refractivity contribution in [1.29, 1.82) is 0 Å². The van der Waals surface area contributed by atoms with Crippen molar-refractivity contribution in [2.75, 3.05) is 13.7 Å². The largest absolute Gasteiger partial charge is 0.393 e. The van der Waals surface area contributed by atoms with E-state index in [2.05, 4.69) is 13.8 Å². The Morgan fingerprint density at radius 1 is 1.18 bits per heavy atom. The Morgan fingerprint density at radius 3 is 2.53 bits per heavy atom. The van der Waals surface area contributed by atoms with E-state index in [-0.39, 0.29) is 35.0 Å². The molecule has 1 aliphatic heterocycles. The molecule has 1 aromatic carbocycles. The van der Waals surface area contributed by atoms with Gasteiger partial charge in [-0.05, 0) is 88.2 Å². The summed E-state index contributed by atoms with van der Waals surface area (Å²) in [5.74, 6) is 1.33. The lowest BCUT2D eigenvalue weighted by Gasteiger charge is -2.45. The monoisotopic (exact) mass is 493 g/mol. The van der Waals surface area contributed by atoms with Crippen LogP contribution in [-0.4, -0.2) is 50.0 Å². The number of fused-ring (bicyclic) bond motifs is 1. The van der Waals surface area contributed by atoms with Crippen molar-refractivity contribution in [3.8, 4) is 0 Å². The quantitative estimate of drug-likeness (QED) is 0.542. The highest BCUT2D eigenvalue weighted by atomic mass is 32.2. The van der Waals surface area contributed by atoms with Crippen molar-refractivity contribution in [2.24, 2.45) is 29.1 Å². The van der Waals surface area contributed by atoms with E-state index in [9.17, 15) is 13.5 Å². The number of hydrogen-bond donors (Lipinski definition) is 1. The highest BCUT2D eigenvalue weighted by Crippen LogP contribution is 2.58. The molecule has 1 saturated heterocycles. The Labute approximate surface area is 206 Å². The van der Waals surface area contributed by atoms with Gasteiger partial charge in [0.15, 0.2) is 0 Å². The second-order valence-electron chi connectivity index (χ2n) is 11.9. The summed E-state index contributed by atoms with van der Waals surface area (Å²) in [4.78, 5) is 6.38. The number of benzene rings is 1. The van der Waals surface area contributed by atoms with Gasteiger partial charge in [0, 0.05) is 19.0 Å². The molecule has 1 heterocycles. The maximum Gasteiger partial charge on any atom is 0.296 e. The fraction of sp³-hybridized carbons (Fsp3) is 0.778. The first-order valence-corrected chi connectivity index (χ1v) is 14.3. The lowest BCUT2D eigenvalue weighted by atomic mass is 9.61. The minimum Gasteiger partial charge on any atom is -0.393 e. The molecule has 2 aliphatic carbocycles. The van der Waals surface area contributed by atoms with Gasteiger partial charge in [0.05, 0.1) is 23.2 Å². The zero-order chi connectivity index (χ0) is 24.9. The molecular formula is C27H43NO5S. The summed E-state index contributed by atoms with van der Waals surface area (Å²) in [6.07, 6.45) is 6.24. The number of aliphatic hydroxyl groups is 1. The van der Waals surface area contributed by atoms with Crippen LogP contribution in [0.15, 0.2) is 29.2 Å². The summed E-state index contributed by atoms with van der Waals surface area (Å²) in [5.41, 5.74) is 0.671. The average Bonchev–Trinajstić information content (AvgIpc) is 3.20. The second kappa shape index (κ2) is 9.47. The summed E-state index contributed by atoms with van der Waals surface area (Å²) in [7, 11) is -1.88. The zero-order valence-corrected chi connectivity index (χ0v) is 22.5. The molecule has 7 heteroatoms. The van der Waals surface area contributed by atoms with Gasteiger partial charge in [-0.25, -0.2) is 0 Å². The van der Waals surface area contributed by atoms with Gasteiger partial charge in [-0.2, -0.15) is 13.5 Å². The Hall–Kier alpha value is -0.990. The molecule has 0 aromatic heterocycles. The number of hydroxylamine groups is 2. The molecule has 0 bridgehead atoms. The Kier molecular flexibility index (Phi) is 7.27. The Morgan fingerprint density at radius 2 is 1.85 bits per heavy atom. The molecule has 1 aromatic rings. The van der Waals surface area contributed by atoms with Crippen LogP contribution >= 0.6 is 0 Å². The van der Waals surface area contributed by atoms with Crippen molar-refractivity contribution in [2.45, 2.75) is 95.8 Å². The lowest BCUT2D eigenvalue weighted by Crippen LogP contribution is -2.43. The predicted molar refractivity (Wildman–Crippen MR) is 132 cm³/mol. The van der Waals surface area contributed by atoms with E-state index in [1.54, 1.807) is 24.3 Å². The van der Waals surface area contributed by atoms with Gasteiger partial charge in [-0.1, -0.05) is 38.0 Å². The van der Waals surface area contributed by atoms with Crippen LogP contribution < -0.4 is 0 Å². The molecule has 3 aliphatic rings. The number of aliphatic hydroxyl groups excluding tert-OH is 1. The molecule has 3 fully saturated rings. The van der Waals surface area contributed by atoms with Crippen LogP contribution in [0.3, 0.4) is 0 Å². The SMILES string of the molecule is Cc1ccc(S(=O)(=O)OC[C@H]2[C@H](C[C@@H](C)[C@H]3CC[C@@H]4[C@@H](O)CCC[C@]34C)N(C)OC2(C)C)cc1. The molecule has 1 N–H and O–H groups in total. The van der Waals surface area contributed by atoms with E-state index < -0.39 is 15.7 Å². The third-order valence-corrected chi connectivity index (χ3v) is 10.7. The van der Waals surface area contributed by atoms with Gasteiger partial charge in [-0.3, -0.25) is 9.02 Å². The van der Waals surface area contributed by atoms with Gasteiger partial charge in [0.2, 0.25) is 0 Å². The number of nitrogens with zero attached hydrogens (tertiary/aromatic N) is 1. The van der Waals surface area contributed by atoms with Gasteiger partial charge >= 0.3 is 0 Å². The third kappa shape index (κ3) is 4.83. The Bertz CT molecular complexity index is 962. The van der Waals surface area contributed by atoms with Gasteiger partial charge in [0.25, 0.3) is 10.1 Å². The summed E-state index contributed by atoms with van der Waals surface area (Å²) in [6.45, 7) is 10.8. The first-order chi connectivity index (χ1) is 15.8. The maximum atomic E-state index is 12.9. The van der Waals surface area contributed by atoms with E-state index in [4.69, 9.17) is 9.02 Å². The summed E-state index contributed by atoms with van der Waals surface area (Å²) < 4.78 is 31.3. The molecule has 0 amide bonds. The first-order valence-electron chi connectivity index (χ1n) is 12.9. The van der Waals surface area contributed by atoms with Crippen LogP contribution in [0.5, 0.6) is 0 Å². The van der Waals surface area contributed by atoms with Crippen molar-refractivity contribution >= 4 is 10.1 Å². The van der Waals surface area contributed by atoms with Crippen LogP contribution in [0.4, 0.5) is 0 Å². The zero-order valence-electron chi connectivity index (χ0n) is 21.7. The molecule has 2 saturated carbocycles. The number of hydrogen-bond acceptors (Lipinski definition) is 6. The van der Waals surface area contributed by atoms with Crippen LogP contribution in [0, 0.1) is 36.0 Å². The van der Waals surface area contributed by atoms with Gasteiger partial charge < -0.3 is 5.11 Å². The highest BCUT2D eigenvalue weighted by molar-refractivity contribution is 7.86. The van der Waals surface area contributed by atoms with E-state index in [0.29, 0.717) is 17.8 Å². The minimum absolute atomic E-state index is 0.0642. The third-order valence-electron chi connectivity index (χ3n) is 9.38. The molecule has 6 nitrogen and oxygen atoms in total. The molecule has 4 rings (SSSR count). The van der Waals surface area contributed by atoms with Crippen molar-refractivity contribution in [1.82, 2.24) is 5.06 Å². The summed E-state index contributed by atoms with van der Waals surface area (Å²) in [6, 6.07) is 6.84. The smallest absolute Gasteiger partial charge is 0.296 e. The lowest BCUT2D eigenvalue weighted by molar-refractivity contribution is -0.181. The molecule has 7 atom stereocenters. The van der Waals surface area contributed by atoms with Crippen LogP contribution in [0.25, 0.3) is 0 Å². The molecule has 192 valence electrons. The molecule has 0 unspecified atom stereocenters. The first kappa shape index (κ1) is 26.1. The van der Waals surface area contributed by atoms with E-state index in [1.165, 1.54) is 6.42 Å². The standard InChI is InChI=1S/C27H43NO5S/c1-18-9-11-20(12-10-18)34(30,31)32-17-23-24(28(6)33-26(23,3)4)16-19(2)21-13-14-22-25(29)8-7-15-27(21,22)5/h9-12,19,21-25,29H,7-8,13-17H2,1-6H3/t19-,21-,22-,23+,24+,25+,27-/m1/s1. The van der Waals surface area contributed by atoms with E-state index in [1.807, 2.05) is 32.9 Å². The molecular weight excluding hydrogens is 450 g/mol. The van der Waals surface area contributed by atoms with E-state index in [0.717, 1.165) is 37.7 Å². The highest BCUT2D eigenvalue weighted by Gasteiger charge is 2.54. The number of rotatable bonds is 7. The van der Waals surface area contributed by atoms with Gasteiger partial charge in [0.1, 0.15) is 0 Å². The fourth-order valence-corrected chi connectivity index (χ4v) is 8.38. The van der Waals surface area contributed by atoms with Gasteiger partial charge in [-0.15, -0.1) is 0 Å². The van der Waals surface area contributed by atoms with Crippen LogP contribution in [0.1, 0.15) is 71.8 Å². The molecule has 0 radical (unpaired) electrons. The maximum absolute atomic E-state index is 12.9. The predicted octanol–water partition coefficient (Wildman–Crippen LogP) is 4.94. The van der Waals surface area contributed by atoms with Crippen molar-refractivity contribution in [3.63, 3.8) is 0 Å². The summed E-state index contributed by atoms with van der Waals surface area (Å²) >= 11 is 0. The normalized spacial score (nSPS) is 37.0. The molecule has 34 heavy (non-hydrogen) atoms. The van der Waals surface area contributed by atoms with E-state index >= 15 is 0 Å². The van der Waals surface area contributed by atoms with Crippen molar-refractivity contribution < 1.29 is 22.5 Å². The van der Waals surface area contributed by atoms with Crippen LogP contribution in [-0.2, 0) is 19.1 Å². The second-order valence-corrected chi connectivity index (χ2v) is 13.6. The topological polar surface area (TPSA) is 76.1 Å². The Balaban J connectivity index is 1.47. The number of aryl methyl sites for hydroxylation is 1. The molecule has 0 spiro atoms.